The van der Waals surface area contributed by atoms with E-state index in [1.807, 2.05) is 0 Å². The maximum atomic E-state index is 11.6. The van der Waals surface area contributed by atoms with E-state index in [-0.39, 0.29) is 24.7 Å². The SMILES string of the molecule is O=C(OCc1ccc([N+](=O)[O-])cc1)C(=O)Oc1ccc(CO)cc1. The fourth-order valence-electron chi connectivity index (χ4n) is 1.73. The number of carbonyl (C=O) groups excluding carboxylic acids is 2. The van der Waals surface area contributed by atoms with Crippen LogP contribution in [-0.2, 0) is 27.5 Å². The Hall–Kier alpha value is -3.26. The molecule has 0 heterocycles. The summed E-state index contributed by atoms with van der Waals surface area (Å²) in [6.45, 7) is -0.360. The molecule has 0 saturated heterocycles. The molecule has 2 aromatic rings. The van der Waals surface area contributed by atoms with Gasteiger partial charge in [-0.1, -0.05) is 12.1 Å². The summed E-state index contributed by atoms with van der Waals surface area (Å²) in [4.78, 5) is 33.2. The minimum Gasteiger partial charge on any atom is -0.452 e. The molecule has 1 N–H and O–H groups in total. The number of non-ortho nitro benzene ring substituents is 1. The summed E-state index contributed by atoms with van der Waals surface area (Å²) in [5.41, 5.74) is 1.04. The largest absolute Gasteiger partial charge is 0.452 e. The van der Waals surface area contributed by atoms with Crippen molar-refractivity contribution in [1.82, 2.24) is 0 Å². The van der Waals surface area contributed by atoms with Crippen molar-refractivity contribution >= 4 is 17.6 Å². The van der Waals surface area contributed by atoms with Gasteiger partial charge in [0.2, 0.25) is 0 Å². The zero-order chi connectivity index (χ0) is 17.5. The highest BCUT2D eigenvalue weighted by molar-refractivity contribution is 6.30. The molecule has 0 bridgehead atoms. The zero-order valence-corrected chi connectivity index (χ0v) is 12.4. The third-order valence-corrected chi connectivity index (χ3v) is 3.00. The summed E-state index contributed by atoms with van der Waals surface area (Å²) in [7, 11) is 0. The van der Waals surface area contributed by atoms with Crippen molar-refractivity contribution in [3.8, 4) is 5.75 Å². The minimum absolute atomic E-state index is 0.0872. The zero-order valence-electron chi connectivity index (χ0n) is 12.4. The summed E-state index contributed by atoms with van der Waals surface area (Å²) in [6, 6.07) is 11.3. The van der Waals surface area contributed by atoms with E-state index >= 15 is 0 Å². The standard InChI is InChI=1S/C16H13NO7/c18-9-11-3-7-14(8-4-11)24-16(20)15(19)23-10-12-1-5-13(6-2-12)17(21)22/h1-8,18H,9-10H2. The highest BCUT2D eigenvalue weighted by Crippen LogP contribution is 2.14. The van der Waals surface area contributed by atoms with Gasteiger partial charge in [0.15, 0.2) is 0 Å². The predicted molar refractivity (Wildman–Crippen MR) is 80.9 cm³/mol. The van der Waals surface area contributed by atoms with Crippen molar-refractivity contribution in [3.63, 3.8) is 0 Å². The second-order valence-electron chi connectivity index (χ2n) is 4.69. The first-order valence-corrected chi connectivity index (χ1v) is 6.81. The molecular weight excluding hydrogens is 318 g/mol. The number of hydrogen-bond donors (Lipinski definition) is 1. The molecule has 0 spiro atoms. The van der Waals surface area contributed by atoms with Crippen LogP contribution in [0, 0.1) is 10.1 Å². The van der Waals surface area contributed by atoms with Gasteiger partial charge in [-0.05, 0) is 35.4 Å². The molecule has 0 fully saturated rings. The van der Waals surface area contributed by atoms with Crippen molar-refractivity contribution in [2.45, 2.75) is 13.2 Å². The fraction of sp³-hybridized carbons (Fsp3) is 0.125. The highest BCUT2D eigenvalue weighted by Gasteiger charge is 2.18. The van der Waals surface area contributed by atoms with Crippen LogP contribution in [0.3, 0.4) is 0 Å². The molecule has 2 rings (SSSR count). The summed E-state index contributed by atoms with van der Waals surface area (Å²) >= 11 is 0. The van der Waals surface area contributed by atoms with Gasteiger partial charge < -0.3 is 14.6 Å². The molecule has 0 aromatic heterocycles. The van der Waals surface area contributed by atoms with E-state index in [0.717, 1.165) is 0 Å². The topological polar surface area (TPSA) is 116 Å². The van der Waals surface area contributed by atoms with E-state index in [9.17, 15) is 19.7 Å². The Morgan fingerprint density at radius 3 is 2.08 bits per heavy atom. The number of esters is 2. The van der Waals surface area contributed by atoms with Gasteiger partial charge in [-0.2, -0.15) is 0 Å². The number of aliphatic hydroxyl groups is 1. The molecule has 0 aliphatic carbocycles. The van der Waals surface area contributed by atoms with Gasteiger partial charge in [0.25, 0.3) is 5.69 Å². The number of benzene rings is 2. The maximum Gasteiger partial charge on any atom is 0.422 e. The second kappa shape index (κ2) is 7.84. The third-order valence-electron chi connectivity index (χ3n) is 3.00. The molecule has 0 radical (unpaired) electrons. The van der Waals surface area contributed by atoms with Crippen LogP contribution in [-0.4, -0.2) is 22.0 Å². The predicted octanol–water partition coefficient (Wildman–Crippen LogP) is 1.74. The van der Waals surface area contributed by atoms with Crippen LogP contribution >= 0.6 is 0 Å². The quantitative estimate of drug-likeness (QED) is 0.291. The fourth-order valence-corrected chi connectivity index (χ4v) is 1.73. The maximum absolute atomic E-state index is 11.6. The molecule has 8 nitrogen and oxygen atoms in total. The molecule has 2 aromatic carbocycles. The van der Waals surface area contributed by atoms with Crippen LogP contribution in [0.15, 0.2) is 48.5 Å². The highest BCUT2D eigenvalue weighted by atomic mass is 16.6. The Morgan fingerprint density at radius 1 is 0.958 bits per heavy atom. The number of nitro benzene ring substituents is 1. The number of ether oxygens (including phenoxy) is 2. The lowest BCUT2D eigenvalue weighted by molar-refractivity contribution is -0.384. The molecule has 0 saturated carbocycles. The normalized spacial score (nSPS) is 10.0. The minimum atomic E-state index is -1.19. The van der Waals surface area contributed by atoms with E-state index in [1.165, 1.54) is 36.4 Å². The molecule has 0 aliphatic heterocycles. The van der Waals surface area contributed by atoms with Gasteiger partial charge in [0, 0.05) is 12.1 Å². The van der Waals surface area contributed by atoms with Crippen LogP contribution in [0.4, 0.5) is 5.69 Å². The smallest absolute Gasteiger partial charge is 0.422 e. The Labute approximate surface area is 136 Å². The summed E-state index contributed by atoms with van der Waals surface area (Å²) in [5.74, 6) is -2.22. The van der Waals surface area contributed by atoms with Gasteiger partial charge in [0.1, 0.15) is 12.4 Å². The van der Waals surface area contributed by atoms with Crippen molar-refractivity contribution in [1.29, 1.82) is 0 Å². The first-order chi connectivity index (χ1) is 11.5. The number of carbonyl (C=O) groups is 2. The van der Waals surface area contributed by atoms with E-state index in [0.29, 0.717) is 11.1 Å². The number of hydrogen-bond acceptors (Lipinski definition) is 7. The average Bonchev–Trinajstić information content (AvgIpc) is 2.60. The van der Waals surface area contributed by atoms with E-state index in [4.69, 9.17) is 14.6 Å². The molecule has 0 unspecified atom stereocenters. The summed E-state index contributed by atoms with van der Waals surface area (Å²) in [6.07, 6.45) is 0. The summed E-state index contributed by atoms with van der Waals surface area (Å²) < 4.78 is 9.61. The van der Waals surface area contributed by atoms with Crippen LogP contribution in [0.25, 0.3) is 0 Å². The van der Waals surface area contributed by atoms with Gasteiger partial charge in [0.05, 0.1) is 11.5 Å². The van der Waals surface area contributed by atoms with E-state index in [2.05, 4.69) is 0 Å². The van der Waals surface area contributed by atoms with Crippen LogP contribution < -0.4 is 4.74 Å². The van der Waals surface area contributed by atoms with Crippen molar-refractivity contribution in [2.24, 2.45) is 0 Å². The van der Waals surface area contributed by atoms with Crippen molar-refractivity contribution in [2.75, 3.05) is 0 Å². The van der Waals surface area contributed by atoms with Crippen LogP contribution in [0.1, 0.15) is 11.1 Å². The lowest BCUT2D eigenvalue weighted by Gasteiger charge is -2.06. The first kappa shape index (κ1) is 17.1. The Kier molecular flexibility index (Phi) is 5.58. The molecular formula is C16H13NO7. The van der Waals surface area contributed by atoms with Crippen molar-refractivity contribution in [3.05, 3.63) is 69.8 Å². The number of nitrogens with zero attached hydrogens (tertiary/aromatic N) is 1. The van der Waals surface area contributed by atoms with Crippen LogP contribution in [0.2, 0.25) is 0 Å². The number of aliphatic hydroxyl groups excluding tert-OH is 1. The Balaban J connectivity index is 1.86. The van der Waals surface area contributed by atoms with Crippen LogP contribution in [0.5, 0.6) is 5.75 Å². The molecule has 0 amide bonds. The van der Waals surface area contributed by atoms with Gasteiger partial charge in [-0.3, -0.25) is 10.1 Å². The first-order valence-electron chi connectivity index (χ1n) is 6.81. The van der Waals surface area contributed by atoms with E-state index in [1.54, 1.807) is 12.1 Å². The second-order valence-corrected chi connectivity index (χ2v) is 4.69. The molecule has 8 heteroatoms. The van der Waals surface area contributed by atoms with Crippen molar-refractivity contribution < 1.29 is 29.1 Å². The Morgan fingerprint density at radius 2 is 1.54 bits per heavy atom. The molecule has 0 aliphatic rings. The molecule has 124 valence electrons. The third kappa shape index (κ3) is 4.62. The monoisotopic (exact) mass is 331 g/mol. The lowest BCUT2D eigenvalue weighted by atomic mass is 10.2. The average molecular weight is 331 g/mol. The summed E-state index contributed by atoms with van der Waals surface area (Å²) in [5, 5.41) is 19.4. The molecule has 0 atom stereocenters. The van der Waals surface area contributed by atoms with Gasteiger partial charge in [-0.25, -0.2) is 9.59 Å². The molecule has 24 heavy (non-hydrogen) atoms. The Bertz CT molecular complexity index is 738. The van der Waals surface area contributed by atoms with Gasteiger partial charge in [-0.15, -0.1) is 0 Å². The number of nitro groups is 1. The van der Waals surface area contributed by atoms with E-state index < -0.39 is 16.9 Å². The lowest BCUT2D eigenvalue weighted by Crippen LogP contribution is -2.22. The van der Waals surface area contributed by atoms with Gasteiger partial charge >= 0.3 is 11.9 Å². The number of rotatable bonds is 5.